The second-order valence-electron chi connectivity index (χ2n) is 7.13. The molecular weight excluding hydrogens is 404 g/mol. The van der Waals surface area contributed by atoms with E-state index in [9.17, 15) is 9.18 Å². The number of pyridine rings is 1. The summed E-state index contributed by atoms with van der Waals surface area (Å²) in [4.78, 5) is 16.7. The first-order valence-corrected chi connectivity index (χ1v) is 9.01. The Balaban J connectivity index is 0.00000140. The Hall–Kier alpha value is -1.89. The molecule has 2 aliphatic rings. The lowest BCUT2D eigenvalue weighted by atomic mass is 9.92. The Morgan fingerprint density at radius 1 is 1.18 bits per heavy atom. The summed E-state index contributed by atoms with van der Waals surface area (Å²) < 4.78 is 18.7. The lowest BCUT2D eigenvalue weighted by Crippen LogP contribution is -2.33. The van der Waals surface area contributed by atoms with Crippen molar-refractivity contribution in [1.29, 1.82) is 0 Å². The van der Waals surface area contributed by atoms with E-state index in [0.29, 0.717) is 18.0 Å². The van der Waals surface area contributed by atoms with Crippen molar-refractivity contribution in [2.45, 2.75) is 25.8 Å². The summed E-state index contributed by atoms with van der Waals surface area (Å²) in [5.74, 6) is 1.12. The number of aromatic nitrogens is 1. The van der Waals surface area contributed by atoms with Crippen LogP contribution in [0, 0.1) is 17.2 Å². The van der Waals surface area contributed by atoms with Gasteiger partial charge in [-0.25, -0.2) is 4.39 Å². The smallest absolute Gasteiger partial charge is 0.224 e. The maximum atomic E-state index is 13.0. The minimum Gasteiger partial charge on any atom is -0.457 e. The van der Waals surface area contributed by atoms with E-state index < -0.39 is 0 Å². The molecule has 2 heterocycles. The quantitative estimate of drug-likeness (QED) is 0.759. The lowest BCUT2D eigenvalue weighted by Gasteiger charge is -2.23. The average Bonchev–Trinajstić information content (AvgIpc) is 3.35. The van der Waals surface area contributed by atoms with Gasteiger partial charge in [-0.3, -0.25) is 9.78 Å². The summed E-state index contributed by atoms with van der Waals surface area (Å²) in [5, 5.41) is 6.35. The van der Waals surface area contributed by atoms with Crippen molar-refractivity contribution in [1.82, 2.24) is 15.6 Å². The number of piperidine rings is 1. The highest BCUT2D eigenvalue weighted by atomic mass is 35.5. The number of hydrogen-bond acceptors (Lipinski definition) is 4. The fraction of sp³-hybridized carbons (Fsp3) is 0.400. The Labute approximate surface area is 176 Å². The van der Waals surface area contributed by atoms with Crippen LogP contribution in [0.4, 0.5) is 4.39 Å². The fourth-order valence-corrected chi connectivity index (χ4v) is 3.75. The summed E-state index contributed by atoms with van der Waals surface area (Å²) in [5.41, 5.74) is 0.967. The predicted molar refractivity (Wildman–Crippen MR) is 110 cm³/mol. The molecule has 1 aromatic heterocycles. The van der Waals surface area contributed by atoms with E-state index >= 15 is 0 Å². The molecule has 1 aliphatic carbocycles. The normalized spacial score (nSPS) is 19.1. The van der Waals surface area contributed by atoms with E-state index in [4.69, 9.17) is 4.74 Å². The first-order valence-electron chi connectivity index (χ1n) is 9.01. The van der Waals surface area contributed by atoms with E-state index in [1.165, 1.54) is 12.1 Å². The van der Waals surface area contributed by atoms with Crippen LogP contribution < -0.4 is 15.4 Å². The number of hydrogen-bond donors (Lipinski definition) is 2. The molecule has 2 fully saturated rings. The molecule has 1 amide bonds. The van der Waals surface area contributed by atoms with Crippen LogP contribution in [0.2, 0.25) is 0 Å². The van der Waals surface area contributed by atoms with Crippen LogP contribution >= 0.6 is 24.8 Å². The third-order valence-corrected chi connectivity index (χ3v) is 5.39. The Morgan fingerprint density at radius 3 is 2.61 bits per heavy atom. The maximum Gasteiger partial charge on any atom is 0.224 e. The van der Waals surface area contributed by atoms with Crippen LogP contribution in [0.3, 0.4) is 0 Å². The molecule has 8 heteroatoms. The molecule has 28 heavy (non-hydrogen) atoms. The Bertz CT molecular complexity index is 798. The molecule has 1 aromatic carbocycles. The highest BCUT2D eigenvalue weighted by Gasteiger charge is 2.57. The molecule has 1 saturated carbocycles. The summed E-state index contributed by atoms with van der Waals surface area (Å²) in [6.45, 7) is 2.40. The molecule has 0 bridgehead atoms. The van der Waals surface area contributed by atoms with Crippen LogP contribution in [0.15, 0.2) is 42.6 Å². The van der Waals surface area contributed by atoms with Crippen molar-refractivity contribution in [3.8, 4) is 11.5 Å². The molecule has 4 rings (SSSR count). The van der Waals surface area contributed by atoms with Crippen LogP contribution in [-0.4, -0.2) is 24.0 Å². The number of nitrogens with zero attached hydrogens (tertiary/aromatic N) is 1. The lowest BCUT2D eigenvalue weighted by molar-refractivity contribution is -0.123. The topological polar surface area (TPSA) is 63.2 Å². The van der Waals surface area contributed by atoms with Crippen molar-refractivity contribution < 1.29 is 13.9 Å². The summed E-state index contributed by atoms with van der Waals surface area (Å²) in [6.07, 6.45) is 4.82. The van der Waals surface area contributed by atoms with Crippen molar-refractivity contribution in [3.63, 3.8) is 0 Å². The van der Waals surface area contributed by atoms with E-state index in [-0.39, 0.29) is 47.9 Å². The van der Waals surface area contributed by atoms with Crippen molar-refractivity contribution in [2.24, 2.45) is 11.3 Å². The Kier molecular flexibility index (Phi) is 7.63. The molecule has 1 atom stereocenters. The third kappa shape index (κ3) is 5.13. The van der Waals surface area contributed by atoms with Crippen LogP contribution in [-0.2, 0) is 11.3 Å². The maximum absolute atomic E-state index is 13.0. The van der Waals surface area contributed by atoms with Gasteiger partial charge in [0.2, 0.25) is 5.91 Å². The van der Waals surface area contributed by atoms with Gasteiger partial charge in [0.15, 0.2) is 0 Å². The monoisotopic (exact) mass is 427 g/mol. The molecule has 1 unspecified atom stereocenters. The van der Waals surface area contributed by atoms with Crippen LogP contribution in [0.25, 0.3) is 0 Å². The zero-order valence-corrected chi connectivity index (χ0v) is 17.0. The van der Waals surface area contributed by atoms with Crippen molar-refractivity contribution in [3.05, 3.63) is 54.1 Å². The van der Waals surface area contributed by atoms with Gasteiger partial charge in [-0.05, 0) is 68.1 Å². The fourth-order valence-electron chi connectivity index (χ4n) is 3.75. The summed E-state index contributed by atoms with van der Waals surface area (Å²) in [7, 11) is 0. The number of halogens is 3. The zero-order chi connectivity index (χ0) is 18.0. The van der Waals surface area contributed by atoms with Gasteiger partial charge in [0, 0.05) is 18.2 Å². The first-order chi connectivity index (χ1) is 12.6. The summed E-state index contributed by atoms with van der Waals surface area (Å²) >= 11 is 0. The average molecular weight is 428 g/mol. The highest BCUT2D eigenvalue weighted by molar-refractivity contribution is 5.85. The molecule has 2 aromatic rings. The van der Waals surface area contributed by atoms with Gasteiger partial charge in [0.25, 0.3) is 0 Å². The molecule has 0 radical (unpaired) electrons. The highest BCUT2D eigenvalue weighted by Crippen LogP contribution is 2.58. The zero-order valence-electron chi connectivity index (χ0n) is 15.3. The van der Waals surface area contributed by atoms with Gasteiger partial charge >= 0.3 is 0 Å². The van der Waals surface area contributed by atoms with Gasteiger partial charge in [-0.2, -0.15) is 0 Å². The van der Waals surface area contributed by atoms with Crippen molar-refractivity contribution in [2.75, 3.05) is 13.1 Å². The van der Waals surface area contributed by atoms with Gasteiger partial charge in [-0.1, -0.05) is 0 Å². The Morgan fingerprint density at radius 2 is 1.89 bits per heavy atom. The molecule has 1 saturated heterocycles. The minimum absolute atomic E-state index is 0. The molecule has 5 nitrogen and oxygen atoms in total. The van der Waals surface area contributed by atoms with Gasteiger partial charge in [0.1, 0.15) is 17.3 Å². The van der Waals surface area contributed by atoms with Crippen LogP contribution in [0.1, 0.15) is 25.0 Å². The molecule has 1 aliphatic heterocycles. The van der Waals surface area contributed by atoms with E-state index in [1.54, 1.807) is 30.5 Å². The number of carbonyl (C=O) groups is 1. The number of carbonyl (C=O) groups excluding carboxylic acids is 1. The van der Waals surface area contributed by atoms with E-state index in [2.05, 4.69) is 15.6 Å². The second kappa shape index (κ2) is 9.54. The largest absolute Gasteiger partial charge is 0.457 e. The number of ether oxygens (including phenoxy) is 1. The van der Waals surface area contributed by atoms with Gasteiger partial charge in [-0.15, -0.1) is 24.8 Å². The number of rotatable bonds is 5. The standard InChI is InChI=1S/C20H22FN3O2.2ClH/c21-14-1-3-16(4-2-14)26-17-5-8-23-15(11-17)13-24-19(25)18-12-20(18)6-9-22-10-7-20;;/h1-5,8,11,18,22H,6-7,9-10,12-13H2,(H,24,25);2*1H. The van der Waals surface area contributed by atoms with E-state index in [1.807, 2.05) is 0 Å². The predicted octanol–water partition coefficient (Wildman–Crippen LogP) is 3.86. The number of nitrogens with one attached hydrogen (secondary N) is 2. The van der Waals surface area contributed by atoms with Crippen LogP contribution in [0.5, 0.6) is 11.5 Å². The molecule has 152 valence electrons. The van der Waals surface area contributed by atoms with Gasteiger partial charge in [0.05, 0.1) is 12.2 Å². The van der Waals surface area contributed by atoms with E-state index in [0.717, 1.165) is 38.0 Å². The minimum atomic E-state index is -0.304. The number of benzene rings is 1. The van der Waals surface area contributed by atoms with Crippen molar-refractivity contribution >= 4 is 30.7 Å². The SMILES string of the molecule is Cl.Cl.O=C(NCc1cc(Oc2ccc(F)cc2)ccn1)C1CC12CCNCC2. The molecular formula is C20H24Cl2FN3O2. The van der Waals surface area contributed by atoms with Gasteiger partial charge < -0.3 is 15.4 Å². The first kappa shape index (κ1) is 22.4. The molecule has 2 N–H and O–H groups in total. The molecule has 1 spiro atoms. The summed E-state index contributed by atoms with van der Waals surface area (Å²) in [6, 6.07) is 9.37. The number of amides is 1. The second-order valence-corrected chi connectivity index (χ2v) is 7.13. The third-order valence-electron chi connectivity index (χ3n) is 5.39.